The molecule has 0 radical (unpaired) electrons. The fourth-order valence-electron chi connectivity index (χ4n) is 3.32. The molecule has 3 fully saturated rings. The van der Waals surface area contributed by atoms with Gasteiger partial charge in [-0.25, -0.2) is 0 Å². The van der Waals surface area contributed by atoms with Crippen molar-refractivity contribution in [1.82, 2.24) is 26.2 Å². The molecule has 0 amide bonds. The van der Waals surface area contributed by atoms with E-state index in [4.69, 9.17) is 14.2 Å². The molecule has 0 aromatic carbocycles. The lowest BCUT2D eigenvalue weighted by Gasteiger charge is -2.44. The highest BCUT2D eigenvalue weighted by Gasteiger charge is 2.35. The number of alkyl halides is 3. The third-order valence-electron chi connectivity index (χ3n) is 4.65. The van der Waals surface area contributed by atoms with Crippen LogP contribution in [-0.2, 0) is 14.2 Å². The first kappa shape index (κ1) is 20.2. The number of halogens is 3. The molecule has 3 saturated heterocycles. The number of ether oxygens (including phenoxy) is 3. The van der Waals surface area contributed by atoms with Gasteiger partial charge in [-0.15, -0.1) is 0 Å². The van der Waals surface area contributed by atoms with Crippen LogP contribution in [0.3, 0.4) is 0 Å². The molecule has 0 bridgehead atoms. The summed E-state index contributed by atoms with van der Waals surface area (Å²) in [5.74, 6) is 0. The summed E-state index contributed by atoms with van der Waals surface area (Å²) in [5.41, 5.74) is 0. The third kappa shape index (κ3) is 6.27. The number of morpholine rings is 1. The standard InChI is InChI=1S/C15H28F3N5O3/c1-10-2-3-11(26-10)8-19-12-20-13(23-4-6-24-7-5-23)22-14(21-12)25-9-15(16,17)18/h10-14,19-22H,2-9H2,1H3. The lowest BCUT2D eigenvalue weighted by atomic mass is 10.2. The highest BCUT2D eigenvalue weighted by Crippen LogP contribution is 2.18. The van der Waals surface area contributed by atoms with Gasteiger partial charge in [-0.1, -0.05) is 0 Å². The molecule has 0 aromatic rings. The van der Waals surface area contributed by atoms with E-state index in [9.17, 15) is 13.2 Å². The summed E-state index contributed by atoms with van der Waals surface area (Å²) in [7, 11) is 0. The Labute approximate surface area is 151 Å². The number of rotatable bonds is 6. The maximum atomic E-state index is 12.5. The van der Waals surface area contributed by atoms with Crippen molar-refractivity contribution >= 4 is 0 Å². The van der Waals surface area contributed by atoms with Crippen molar-refractivity contribution in [3.8, 4) is 0 Å². The summed E-state index contributed by atoms with van der Waals surface area (Å²) in [6.07, 6.45) is -3.67. The van der Waals surface area contributed by atoms with Crippen LogP contribution < -0.4 is 21.3 Å². The maximum absolute atomic E-state index is 12.5. The number of nitrogens with one attached hydrogen (secondary N) is 4. The van der Waals surface area contributed by atoms with Gasteiger partial charge in [-0.3, -0.25) is 26.2 Å². The predicted molar refractivity (Wildman–Crippen MR) is 86.7 cm³/mol. The van der Waals surface area contributed by atoms with E-state index in [0.29, 0.717) is 32.8 Å². The minimum atomic E-state index is -4.38. The lowest BCUT2D eigenvalue weighted by molar-refractivity contribution is -0.202. The summed E-state index contributed by atoms with van der Waals surface area (Å²) in [4.78, 5) is 2.08. The molecule has 8 nitrogen and oxygen atoms in total. The van der Waals surface area contributed by atoms with Gasteiger partial charge in [0.25, 0.3) is 0 Å². The summed E-state index contributed by atoms with van der Waals surface area (Å²) in [5, 5.41) is 12.6. The first-order chi connectivity index (χ1) is 12.4. The van der Waals surface area contributed by atoms with E-state index in [1.807, 2.05) is 6.92 Å². The molecule has 0 spiro atoms. The molecule has 5 unspecified atom stereocenters. The van der Waals surface area contributed by atoms with Gasteiger partial charge in [-0.05, 0) is 19.8 Å². The molecule has 4 N–H and O–H groups in total. The fraction of sp³-hybridized carbons (Fsp3) is 1.00. The molecule has 11 heteroatoms. The normalized spacial score (nSPS) is 37.2. The van der Waals surface area contributed by atoms with Crippen molar-refractivity contribution in [2.75, 3.05) is 39.5 Å². The molecule has 0 saturated carbocycles. The highest BCUT2D eigenvalue weighted by molar-refractivity contribution is 4.82. The van der Waals surface area contributed by atoms with Crippen LogP contribution in [-0.4, -0.2) is 81.7 Å². The van der Waals surface area contributed by atoms with Crippen molar-refractivity contribution in [2.45, 2.75) is 57.1 Å². The van der Waals surface area contributed by atoms with Crippen molar-refractivity contribution < 1.29 is 27.4 Å². The van der Waals surface area contributed by atoms with E-state index < -0.39 is 25.4 Å². The maximum Gasteiger partial charge on any atom is 0.411 e. The van der Waals surface area contributed by atoms with E-state index in [-0.39, 0.29) is 18.5 Å². The van der Waals surface area contributed by atoms with Gasteiger partial charge in [-0.2, -0.15) is 13.2 Å². The molecule has 0 aliphatic carbocycles. The highest BCUT2D eigenvalue weighted by atomic mass is 19.4. The van der Waals surface area contributed by atoms with Gasteiger partial charge in [0.15, 0.2) is 6.35 Å². The van der Waals surface area contributed by atoms with Crippen molar-refractivity contribution in [1.29, 1.82) is 0 Å². The molecular formula is C15H28F3N5O3. The SMILES string of the molecule is CC1CCC(CNC2NC(OCC(F)(F)F)NC(N3CCOCC3)N2)O1. The first-order valence-corrected chi connectivity index (χ1v) is 9.06. The summed E-state index contributed by atoms with van der Waals surface area (Å²) in [6.45, 7) is 3.89. The van der Waals surface area contributed by atoms with Crippen LogP contribution in [0.1, 0.15) is 19.8 Å². The van der Waals surface area contributed by atoms with E-state index in [1.54, 1.807) is 0 Å². The van der Waals surface area contributed by atoms with E-state index in [1.165, 1.54) is 0 Å². The minimum absolute atomic E-state index is 0.111. The topological polar surface area (TPSA) is 79.1 Å². The first-order valence-electron chi connectivity index (χ1n) is 9.06. The van der Waals surface area contributed by atoms with Crippen LogP contribution in [0.5, 0.6) is 0 Å². The van der Waals surface area contributed by atoms with Crippen molar-refractivity contribution in [2.24, 2.45) is 0 Å². The second-order valence-electron chi connectivity index (χ2n) is 6.84. The van der Waals surface area contributed by atoms with Gasteiger partial charge >= 0.3 is 6.18 Å². The Kier molecular flexibility index (Phi) is 7.08. The Hall–Kier alpha value is -0.530. The zero-order valence-corrected chi connectivity index (χ0v) is 14.8. The smallest absolute Gasteiger partial charge is 0.379 e. The summed E-state index contributed by atoms with van der Waals surface area (Å²) >= 11 is 0. The van der Waals surface area contributed by atoms with Gasteiger partial charge < -0.3 is 14.2 Å². The molecule has 3 aliphatic heterocycles. The molecule has 152 valence electrons. The van der Waals surface area contributed by atoms with Crippen LogP contribution in [0.2, 0.25) is 0 Å². The molecule has 3 aliphatic rings. The minimum Gasteiger partial charge on any atom is -0.379 e. The van der Waals surface area contributed by atoms with Gasteiger partial charge in [0.1, 0.15) is 19.2 Å². The molecule has 3 rings (SSSR count). The predicted octanol–water partition coefficient (Wildman–Crippen LogP) is -0.312. The lowest BCUT2D eigenvalue weighted by Crippen LogP contribution is -2.76. The van der Waals surface area contributed by atoms with Gasteiger partial charge in [0, 0.05) is 19.6 Å². The van der Waals surface area contributed by atoms with E-state index in [2.05, 4.69) is 26.2 Å². The quantitative estimate of drug-likeness (QED) is 0.498. The van der Waals surface area contributed by atoms with Gasteiger partial charge in [0.05, 0.1) is 25.4 Å². The average molecular weight is 383 g/mol. The molecular weight excluding hydrogens is 355 g/mol. The van der Waals surface area contributed by atoms with Gasteiger partial charge in [0.2, 0.25) is 0 Å². The Morgan fingerprint density at radius 2 is 1.92 bits per heavy atom. The number of hydrogen-bond acceptors (Lipinski definition) is 8. The van der Waals surface area contributed by atoms with E-state index >= 15 is 0 Å². The summed E-state index contributed by atoms with van der Waals surface area (Å²) < 4.78 is 53.6. The summed E-state index contributed by atoms with van der Waals surface area (Å²) in [6, 6.07) is 0. The zero-order chi connectivity index (χ0) is 18.6. The van der Waals surface area contributed by atoms with Crippen LogP contribution in [0.4, 0.5) is 13.2 Å². The Bertz CT molecular complexity index is 439. The molecule has 5 atom stereocenters. The van der Waals surface area contributed by atoms with E-state index in [0.717, 1.165) is 12.8 Å². The Balaban J connectivity index is 1.53. The second-order valence-corrected chi connectivity index (χ2v) is 6.84. The average Bonchev–Trinajstić information content (AvgIpc) is 3.04. The molecule has 0 aromatic heterocycles. The Morgan fingerprint density at radius 1 is 1.15 bits per heavy atom. The number of hydrogen-bond donors (Lipinski definition) is 4. The zero-order valence-electron chi connectivity index (χ0n) is 14.8. The monoisotopic (exact) mass is 383 g/mol. The largest absolute Gasteiger partial charge is 0.411 e. The molecule has 3 heterocycles. The Morgan fingerprint density at radius 3 is 2.58 bits per heavy atom. The second kappa shape index (κ2) is 9.11. The van der Waals surface area contributed by atoms with Crippen LogP contribution in [0, 0.1) is 0 Å². The van der Waals surface area contributed by atoms with Crippen LogP contribution in [0.25, 0.3) is 0 Å². The third-order valence-corrected chi connectivity index (χ3v) is 4.65. The van der Waals surface area contributed by atoms with Crippen LogP contribution >= 0.6 is 0 Å². The van der Waals surface area contributed by atoms with Crippen molar-refractivity contribution in [3.63, 3.8) is 0 Å². The van der Waals surface area contributed by atoms with Crippen LogP contribution in [0.15, 0.2) is 0 Å². The number of nitrogens with zero attached hydrogens (tertiary/aromatic N) is 1. The fourth-order valence-corrected chi connectivity index (χ4v) is 3.32. The van der Waals surface area contributed by atoms with Crippen molar-refractivity contribution in [3.05, 3.63) is 0 Å². The molecule has 26 heavy (non-hydrogen) atoms.